The van der Waals surface area contributed by atoms with Gasteiger partial charge in [0.05, 0.1) is 0 Å². The minimum Gasteiger partial charge on any atom is -0.462 e. The van der Waals surface area contributed by atoms with E-state index in [-0.39, 0.29) is 31.1 Å². The van der Waals surface area contributed by atoms with Gasteiger partial charge < -0.3 is 14.2 Å². The molecule has 0 bridgehead atoms. The molecule has 1 atom stereocenters. The summed E-state index contributed by atoms with van der Waals surface area (Å²) in [5.41, 5.74) is 0. The summed E-state index contributed by atoms with van der Waals surface area (Å²) < 4.78 is 16.6. The van der Waals surface area contributed by atoms with E-state index in [4.69, 9.17) is 14.2 Å². The minimum atomic E-state index is -0.781. The van der Waals surface area contributed by atoms with Crippen molar-refractivity contribution in [3.63, 3.8) is 0 Å². The molecular formula is C49H88O6. The predicted octanol–water partition coefficient (Wildman–Crippen LogP) is 15.0. The number of esters is 3. The lowest BCUT2D eigenvalue weighted by Crippen LogP contribution is -2.30. The molecule has 0 saturated carbocycles. The fourth-order valence-electron chi connectivity index (χ4n) is 6.65. The second-order valence-electron chi connectivity index (χ2n) is 15.7. The van der Waals surface area contributed by atoms with Crippen LogP contribution in [-0.4, -0.2) is 37.2 Å². The van der Waals surface area contributed by atoms with Crippen molar-refractivity contribution in [3.05, 3.63) is 37.0 Å². The van der Waals surface area contributed by atoms with E-state index in [9.17, 15) is 14.4 Å². The summed E-state index contributed by atoms with van der Waals surface area (Å²) in [7, 11) is 0. The maximum atomic E-state index is 12.7. The first-order valence-corrected chi connectivity index (χ1v) is 23.4. The van der Waals surface area contributed by atoms with Crippen molar-refractivity contribution in [3.8, 4) is 0 Å². The molecule has 0 rings (SSSR count). The Hall–Kier alpha value is -2.37. The molecule has 0 aromatic carbocycles. The largest absolute Gasteiger partial charge is 0.462 e. The summed E-state index contributed by atoms with van der Waals surface area (Å²) in [5, 5.41) is 0. The molecule has 0 heterocycles. The zero-order valence-electron chi connectivity index (χ0n) is 36.3. The topological polar surface area (TPSA) is 78.9 Å². The summed E-state index contributed by atoms with van der Waals surface area (Å²) in [4.78, 5) is 37.6. The third-order valence-corrected chi connectivity index (χ3v) is 10.2. The third-order valence-electron chi connectivity index (χ3n) is 10.2. The number of hydrogen-bond donors (Lipinski definition) is 0. The van der Waals surface area contributed by atoms with Gasteiger partial charge in [0.15, 0.2) is 6.10 Å². The second kappa shape index (κ2) is 44.3. The monoisotopic (exact) mass is 773 g/mol. The van der Waals surface area contributed by atoms with Crippen molar-refractivity contribution < 1.29 is 28.6 Å². The van der Waals surface area contributed by atoms with Gasteiger partial charge >= 0.3 is 17.9 Å². The van der Waals surface area contributed by atoms with Crippen molar-refractivity contribution in [1.29, 1.82) is 0 Å². The lowest BCUT2D eigenvalue weighted by Gasteiger charge is -2.18. The molecule has 0 radical (unpaired) electrons. The molecule has 0 aliphatic rings. The van der Waals surface area contributed by atoms with E-state index in [1.807, 2.05) is 6.08 Å². The number of ether oxygens (including phenoxy) is 3. The van der Waals surface area contributed by atoms with Crippen molar-refractivity contribution in [2.24, 2.45) is 0 Å². The number of carbonyl (C=O) groups is 3. The summed E-state index contributed by atoms with van der Waals surface area (Å²) in [6.45, 7) is 8.11. The van der Waals surface area contributed by atoms with Crippen LogP contribution in [0.4, 0.5) is 0 Å². The average molecular weight is 773 g/mol. The van der Waals surface area contributed by atoms with E-state index in [1.54, 1.807) is 0 Å². The molecule has 320 valence electrons. The number of hydrogen-bond acceptors (Lipinski definition) is 6. The first-order chi connectivity index (χ1) is 27.0. The summed E-state index contributed by atoms with van der Waals surface area (Å²) in [6.07, 6.45) is 48.9. The van der Waals surface area contributed by atoms with Crippen molar-refractivity contribution in [2.75, 3.05) is 13.2 Å². The molecule has 0 saturated heterocycles. The quantitative estimate of drug-likeness (QED) is 0.0266. The molecule has 0 aromatic heterocycles. The molecule has 0 aliphatic carbocycles. The molecule has 0 aromatic rings. The first-order valence-electron chi connectivity index (χ1n) is 23.4. The number of allylic oxidation sites excluding steroid dienone is 5. The van der Waals surface area contributed by atoms with E-state index >= 15 is 0 Å². The Labute approximate surface area is 340 Å². The Morgan fingerprint density at radius 3 is 1.04 bits per heavy atom. The second-order valence-corrected chi connectivity index (χ2v) is 15.7. The van der Waals surface area contributed by atoms with Gasteiger partial charge in [-0.2, -0.15) is 0 Å². The molecule has 0 aliphatic heterocycles. The van der Waals surface area contributed by atoms with E-state index in [0.29, 0.717) is 19.3 Å². The van der Waals surface area contributed by atoms with Crippen LogP contribution in [0.25, 0.3) is 0 Å². The van der Waals surface area contributed by atoms with Crippen LogP contribution in [-0.2, 0) is 28.6 Å². The number of rotatable bonds is 43. The molecule has 0 amide bonds. The Bertz CT molecular complexity index is 924. The summed E-state index contributed by atoms with van der Waals surface area (Å²) in [6, 6.07) is 0. The van der Waals surface area contributed by atoms with Crippen LogP contribution in [0.15, 0.2) is 37.0 Å². The van der Waals surface area contributed by atoms with Crippen LogP contribution >= 0.6 is 0 Å². The van der Waals surface area contributed by atoms with E-state index in [2.05, 4.69) is 44.7 Å². The zero-order chi connectivity index (χ0) is 40.1. The van der Waals surface area contributed by atoms with Gasteiger partial charge in [-0.25, -0.2) is 0 Å². The molecular weight excluding hydrogens is 685 g/mol. The molecule has 0 N–H and O–H groups in total. The van der Waals surface area contributed by atoms with Crippen LogP contribution in [0.3, 0.4) is 0 Å². The number of unbranched alkanes of at least 4 members (excludes halogenated alkanes) is 27. The summed E-state index contributed by atoms with van der Waals surface area (Å²) >= 11 is 0. The predicted molar refractivity (Wildman–Crippen MR) is 233 cm³/mol. The van der Waals surface area contributed by atoms with Gasteiger partial charge in [0.2, 0.25) is 0 Å². The van der Waals surface area contributed by atoms with Crippen LogP contribution in [0.2, 0.25) is 0 Å². The van der Waals surface area contributed by atoms with Crippen molar-refractivity contribution in [1.82, 2.24) is 0 Å². The highest BCUT2D eigenvalue weighted by Gasteiger charge is 2.19. The number of carbonyl (C=O) groups excluding carboxylic acids is 3. The van der Waals surface area contributed by atoms with Gasteiger partial charge in [-0.3, -0.25) is 14.4 Å². The Balaban J connectivity index is 4.30. The van der Waals surface area contributed by atoms with Crippen LogP contribution < -0.4 is 0 Å². The highest BCUT2D eigenvalue weighted by atomic mass is 16.6. The van der Waals surface area contributed by atoms with Gasteiger partial charge in [-0.05, 0) is 83.5 Å². The Kier molecular flexibility index (Phi) is 42.4. The highest BCUT2D eigenvalue weighted by molar-refractivity contribution is 5.71. The Morgan fingerprint density at radius 2 is 0.691 bits per heavy atom. The standard InChI is InChI=1S/C49H88O6/c1-4-7-10-13-16-18-20-22-24-26-28-30-33-36-39-42-48(51)54-45-46(44-53-47(50)41-38-35-32-15-12-9-6-3)55-49(52)43-40-37-34-31-29-27-25-23-21-19-17-14-11-8-5-2/h6,22-25,46H,3-5,7-21,26-45H2,1-2H3/b24-22-,25-23-. The fourth-order valence-corrected chi connectivity index (χ4v) is 6.65. The van der Waals surface area contributed by atoms with E-state index in [1.165, 1.54) is 109 Å². The highest BCUT2D eigenvalue weighted by Crippen LogP contribution is 2.14. The lowest BCUT2D eigenvalue weighted by atomic mass is 10.1. The molecule has 6 nitrogen and oxygen atoms in total. The molecule has 6 heteroatoms. The van der Waals surface area contributed by atoms with Gasteiger partial charge in [0, 0.05) is 19.3 Å². The third kappa shape index (κ3) is 42.6. The van der Waals surface area contributed by atoms with Crippen LogP contribution in [0, 0.1) is 0 Å². The van der Waals surface area contributed by atoms with Crippen molar-refractivity contribution in [2.45, 2.75) is 245 Å². The van der Waals surface area contributed by atoms with Crippen LogP contribution in [0.5, 0.6) is 0 Å². The van der Waals surface area contributed by atoms with Crippen LogP contribution in [0.1, 0.15) is 239 Å². The first kappa shape index (κ1) is 52.6. The molecule has 0 spiro atoms. The summed E-state index contributed by atoms with van der Waals surface area (Å²) in [5.74, 6) is -0.922. The molecule has 1 unspecified atom stereocenters. The SMILES string of the molecule is C=CCCCCCCCC(=O)OCC(COC(=O)CCCCCCC/C=C\CCCCCCCC)OC(=O)CCCCCCC/C=C\CCCCCCCC. The van der Waals surface area contributed by atoms with Gasteiger partial charge in [-0.15, -0.1) is 6.58 Å². The van der Waals surface area contributed by atoms with Gasteiger partial charge in [0.1, 0.15) is 13.2 Å². The average Bonchev–Trinajstić information content (AvgIpc) is 3.18. The maximum absolute atomic E-state index is 12.7. The minimum absolute atomic E-state index is 0.0847. The smallest absolute Gasteiger partial charge is 0.306 e. The maximum Gasteiger partial charge on any atom is 0.306 e. The zero-order valence-corrected chi connectivity index (χ0v) is 36.3. The van der Waals surface area contributed by atoms with Crippen molar-refractivity contribution >= 4 is 17.9 Å². The molecule has 0 fully saturated rings. The van der Waals surface area contributed by atoms with Gasteiger partial charge in [0.25, 0.3) is 0 Å². The van der Waals surface area contributed by atoms with Gasteiger partial charge in [-0.1, -0.05) is 166 Å². The Morgan fingerprint density at radius 1 is 0.400 bits per heavy atom. The molecule has 55 heavy (non-hydrogen) atoms. The van der Waals surface area contributed by atoms with E-state index < -0.39 is 6.10 Å². The van der Waals surface area contributed by atoms with E-state index in [0.717, 1.165) is 96.3 Å². The lowest BCUT2D eigenvalue weighted by molar-refractivity contribution is -0.167. The normalized spacial score (nSPS) is 12.0. The fraction of sp³-hybridized carbons (Fsp3) is 0.816.